The van der Waals surface area contributed by atoms with Gasteiger partial charge in [0.05, 0.1) is 0 Å². The maximum absolute atomic E-state index is 12.1. The standard InChI is InChI=1S/C13H16N4O/c1-14-7-6-10-4-2-3-5-11(10)12(18)17-13-15-8-9-16-13/h2-5,8-9,14H,6-7H2,1H3,(H2,15,16,17,18). The Balaban J connectivity index is 2.13. The molecule has 0 fully saturated rings. The predicted molar refractivity (Wildman–Crippen MR) is 70.6 cm³/mol. The molecule has 0 bridgehead atoms. The Morgan fingerprint density at radius 2 is 2.22 bits per heavy atom. The van der Waals surface area contributed by atoms with Gasteiger partial charge in [-0.3, -0.25) is 10.1 Å². The van der Waals surface area contributed by atoms with E-state index in [4.69, 9.17) is 0 Å². The summed E-state index contributed by atoms with van der Waals surface area (Å²) >= 11 is 0. The number of amides is 1. The molecular weight excluding hydrogens is 228 g/mol. The molecule has 0 saturated heterocycles. The molecule has 94 valence electrons. The Morgan fingerprint density at radius 3 is 2.94 bits per heavy atom. The van der Waals surface area contributed by atoms with E-state index in [9.17, 15) is 4.79 Å². The molecule has 3 N–H and O–H groups in total. The second-order valence-corrected chi connectivity index (χ2v) is 3.90. The molecule has 5 nitrogen and oxygen atoms in total. The molecule has 0 aliphatic carbocycles. The lowest BCUT2D eigenvalue weighted by molar-refractivity contribution is 0.102. The Morgan fingerprint density at radius 1 is 1.39 bits per heavy atom. The summed E-state index contributed by atoms with van der Waals surface area (Å²) in [5, 5.41) is 5.81. The van der Waals surface area contributed by atoms with Crippen molar-refractivity contribution in [3.05, 3.63) is 47.8 Å². The first kappa shape index (κ1) is 12.3. The fourth-order valence-electron chi connectivity index (χ4n) is 1.73. The van der Waals surface area contributed by atoms with Crippen LogP contribution in [-0.4, -0.2) is 29.5 Å². The smallest absolute Gasteiger partial charge is 0.258 e. The van der Waals surface area contributed by atoms with Gasteiger partial charge in [0.25, 0.3) is 5.91 Å². The van der Waals surface area contributed by atoms with Crippen molar-refractivity contribution in [2.75, 3.05) is 18.9 Å². The van der Waals surface area contributed by atoms with Crippen molar-refractivity contribution in [3.8, 4) is 0 Å². The van der Waals surface area contributed by atoms with E-state index in [1.54, 1.807) is 12.4 Å². The number of likely N-dealkylation sites (N-methyl/N-ethyl adjacent to an activating group) is 1. The number of anilines is 1. The molecule has 0 aliphatic rings. The number of hydrogen-bond donors (Lipinski definition) is 3. The zero-order chi connectivity index (χ0) is 12.8. The van der Waals surface area contributed by atoms with Crippen molar-refractivity contribution >= 4 is 11.9 Å². The van der Waals surface area contributed by atoms with Crippen LogP contribution in [0.2, 0.25) is 0 Å². The molecule has 0 saturated carbocycles. The third kappa shape index (κ3) is 2.95. The minimum atomic E-state index is -0.142. The normalized spacial score (nSPS) is 10.3. The molecule has 1 heterocycles. The average molecular weight is 244 g/mol. The quantitative estimate of drug-likeness (QED) is 0.745. The minimum Gasteiger partial charge on any atom is -0.331 e. The molecule has 0 radical (unpaired) electrons. The topological polar surface area (TPSA) is 69.8 Å². The molecule has 1 amide bonds. The van der Waals surface area contributed by atoms with Crippen LogP contribution in [0.4, 0.5) is 5.95 Å². The SMILES string of the molecule is CNCCc1ccccc1C(=O)Nc1ncc[nH]1. The van der Waals surface area contributed by atoms with E-state index in [-0.39, 0.29) is 5.91 Å². The third-order valence-corrected chi connectivity index (χ3v) is 2.64. The fraction of sp³-hybridized carbons (Fsp3) is 0.231. The van der Waals surface area contributed by atoms with Gasteiger partial charge in [-0.1, -0.05) is 18.2 Å². The van der Waals surface area contributed by atoms with Gasteiger partial charge in [0.2, 0.25) is 5.95 Å². The van der Waals surface area contributed by atoms with Crippen LogP contribution in [-0.2, 0) is 6.42 Å². The molecule has 0 atom stereocenters. The van der Waals surface area contributed by atoms with Crippen LogP contribution in [0.1, 0.15) is 15.9 Å². The molecule has 2 rings (SSSR count). The summed E-state index contributed by atoms with van der Waals surface area (Å²) in [5.41, 5.74) is 1.71. The summed E-state index contributed by atoms with van der Waals surface area (Å²) in [5.74, 6) is 0.320. The van der Waals surface area contributed by atoms with E-state index in [1.165, 1.54) is 0 Å². The maximum atomic E-state index is 12.1. The zero-order valence-corrected chi connectivity index (χ0v) is 10.2. The van der Waals surface area contributed by atoms with Gasteiger partial charge < -0.3 is 10.3 Å². The van der Waals surface area contributed by atoms with Gasteiger partial charge in [-0.15, -0.1) is 0 Å². The fourth-order valence-corrected chi connectivity index (χ4v) is 1.73. The van der Waals surface area contributed by atoms with Crippen molar-refractivity contribution in [1.82, 2.24) is 15.3 Å². The van der Waals surface area contributed by atoms with Crippen LogP contribution in [0.25, 0.3) is 0 Å². The summed E-state index contributed by atoms with van der Waals surface area (Å²) in [7, 11) is 1.89. The van der Waals surface area contributed by atoms with Crippen molar-refractivity contribution in [2.45, 2.75) is 6.42 Å². The number of aromatic amines is 1. The van der Waals surface area contributed by atoms with E-state index in [0.717, 1.165) is 18.5 Å². The van der Waals surface area contributed by atoms with Crippen LogP contribution >= 0.6 is 0 Å². The zero-order valence-electron chi connectivity index (χ0n) is 10.2. The number of carbonyl (C=O) groups excluding carboxylic acids is 1. The van der Waals surface area contributed by atoms with Crippen LogP contribution in [0, 0.1) is 0 Å². The van der Waals surface area contributed by atoms with Crippen molar-refractivity contribution in [3.63, 3.8) is 0 Å². The molecule has 0 aliphatic heterocycles. The molecule has 0 unspecified atom stereocenters. The second-order valence-electron chi connectivity index (χ2n) is 3.90. The Bertz CT molecular complexity index is 507. The highest BCUT2D eigenvalue weighted by atomic mass is 16.1. The summed E-state index contributed by atoms with van der Waals surface area (Å²) in [6.45, 7) is 0.838. The largest absolute Gasteiger partial charge is 0.331 e. The molecule has 2 aromatic rings. The highest BCUT2D eigenvalue weighted by molar-refractivity contribution is 6.04. The van der Waals surface area contributed by atoms with E-state index in [0.29, 0.717) is 11.5 Å². The van der Waals surface area contributed by atoms with Gasteiger partial charge in [0.15, 0.2) is 0 Å². The molecule has 1 aromatic carbocycles. The number of hydrogen-bond acceptors (Lipinski definition) is 3. The van der Waals surface area contributed by atoms with Gasteiger partial charge in [-0.2, -0.15) is 0 Å². The lowest BCUT2D eigenvalue weighted by atomic mass is 10.0. The average Bonchev–Trinajstić information content (AvgIpc) is 2.89. The molecule has 0 spiro atoms. The lowest BCUT2D eigenvalue weighted by Crippen LogP contribution is -2.17. The Kier molecular flexibility index (Phi) is 4.09. The number of nitrogens with one attached hydrogen (secondary N) is 3. The number of benzene rings is 1. The van der Waals surface area contributed by atoms with E-state index in [2.05, 4.69) is 20.6 Å². The van der Waals surface area contributed by atoms with Gasteiger partial charge in [-0.25, -0.2) is 4.98 Å². The van der Waals surface area contributed by atoms with Crippen LogP contribution < -0.4 is 10.6 Å². The van der Waals surface area contributed by atoms with E-state index in [1.807, 2.05) is 31.3 Å². The number of H-pyrrole nitrogens is 1. The van der Waals surface area contributed by atoms with Crippen LogP contribution in [0.15, 0.2) is 36.7 Å². The van der Waals surface area contributed by atoms with Gasteiger partial charge in [0, 0.05) is 18.0 Å². The predicted octanol–water partition coefficient (Wildman–Crippen LogP) is 1.42. The van der Waals surface area contributed by atoms with Crippen molar-refractivity contribution in [2.24, 2.45) is 0 Å². The number of rotatable bonds is 5. The summed E-state index contributed by atoms with van der Waals surface area (Å²) < 4.78 is 0. The Hall–Kier alpha value is -2.14. The van der Waals surface area contributed by atoms with Crippen LogP contribution in [0.3, 0.4) is 0 Å². The number of carbonyl (C=O) groups is 1. The highest BCUT2D eigenvalue weighted by Crippen LogP contribution is 2.11. The second kappa shape index (κ2) is 5.97. The first-order valence-corrected chi connectivity index (χ1v) is 5.84. The first-order valence-electron chi connectivity index (χ1n) is 5.84. The molecule has 5 heteroatoms. The molecule has 18 heavy (non-hydrogen) atoms. The van der Waals surface area contributed by atoms with Crippen molar-refractivity contribution in [1.29, 1.82) is 0 Å². The van der Waals surface area contributed by atoms with Gasteiger partial charge in [0.1, 0.15) is 0 Å². The third-order valence-electron chi connectivity index (χ3n) is 2.64. The number of imidazole rings is 1. The number of nitrogens with zero attached hydrogens (tertiary/aromatic N) is 1. The lowest BCUT2D eigenvalue weighted by Gasteiger charge is -2.08. The first-order chi connectivity index (χ1) is 8.81. The van der Waals surface area contributed by atoms with E-state index < -0.39 is 0 Å². The summed E-state index contributed by atoms with van der Waals surface area (Å²) in [6.07, 6.45) is 4.09. The molecule has 1 aromatic heterocycles. The Labute approximate surface area is 106 Å². The van der Waals surface area contributed by atoms with Gasteiger partial charge in [-0.05, 0) is 31.6 Å². The van der Waals surface area contributed by atoms with Gasteiger partial charge >= 0.3 is 0 Å². The summed E-state index contributed by atoms with van der Waals surface area (Å²) in [4.78, 5) is 18.9. The van der Waals surface area contributed by atoms with Crippen LogP contribution in [0.5, 0.6) is 0 Å². The van der Waals surface area contributed by atoms with E-state index >= 15 is 0 Å². The summed E-state index contributed by atoms with van der Waals surface area (Å²) in [6, 6.07) is 7.59. The highest BCUT2D eigenvalue weighted by Gasteiger charge is 2.11. The minimum absolute atomic E-state index is 0.142. The molecular formula is C13H16N4O. The monoisotopic (exact) mass is 244 g/mol. The maximum Gasteiger partial charge on any atom is 0.258 e. The number of aromatic nitrogens is 2. The van der Waals surface area contributed by atoms with Crippen molar-refractivity contribution < 1.29 is 4.79 Å².